The molecule has 0 unspecified atom stereocenters. The summed E-state index contributed by atoms with van der Waals surface area (Å²) in [5.41, 5.74) is 1.73. The van der Waals surface area contributed by atoms with Crippen molar-refractivity contribution in [2.24, 2.45) is 0 Å². The summed E-state index contributed by atoms with van der Waals surface area (Å²) in [5, 5.41) is 3.82. The van der Waals surface area contributed by atoms with Crippen molar-refractivity contribution in [2.45, 2.75) is 12.4 Å². The Balaban J connectivity index is 0.00000182. The third kappa shape index (κ3) is 6.40. The maximum atomic E-state index is 12.3. The Bertz CT molecular complexity index is 711. The van der Waals surface area contributed by atoms with Crippen LogP contribution < -0.4 is 10.1 Å². The van der Waals surface area contributed by atoms with Crippen molar-refractivity contribution < 1.29 is 17.9 Å². The molecule has 0 bridgehead atoms. The van der Waals surface area contributed by atoms with Crippen LogP contribution in [0.4, 0.5) is 13.2 Å². The highest BCUT2D eigenvalue weighted by Gasteiger charge is 2.31. The first kappa shape index (κ1) is 23.8. The van der Waals surface area contributed by atoms with Crippen LogP contribution in [-0.2, 0) is 0 Å². The third-order valence-corrected chi connectivity index (χ3v) is 4.36. The number of piperazine rings is 1. The lowest BCUT2D eigenvalue weighted by Crippen LogP contribution is -2.45. The molecule has 0 amide bonds. The lowest BCUT2D eigenvalue weighted by molar-refractivity contribution is -0.274. The Morgan fingerprint density at radius 2 is 1.70 bits per heavy atom. The number of nitrogens with zero attached hydrogens (tertiary/aromatic N) is 2. The van der Waals surface area contributed by atoms with Gasteiger partial charge < -0.3 is 10.1 Å². The molecule has 10 heteroatoms. The lowest BCUT2D eigenvalue weighted by Gasteiger charge is -2.36. The van der Waals surface area contributed by atoms with Crippen molar-refractivity contribution in [3.05, 3.63) is 58.9 Å². The van der Waals surface area contributed by atoms with Gasteiger partial charge in [0.05, 0.1) is 11.1 Å². The van der Waals surface area contributed by atoms with E-state index >= 15 is 0 Å². The van der Waals surface area contributed by atoms with Crippen molar-refractivity contribution in [1.29, 1.82) is 0 Å². The fourth-order valence-electron chi connectivity index (χ4n) is 2.99. The van der Waals surface area contributed by atoms with E-state index in [9.17, 15) is 13.2 Å². The van der Waals surface area contributed by atoms with Gasteiger partial charge in [0.2, 0.25) is 0 Å². The molecule has 0 saturated carbocycles. The first-order valence-electron chi connectivity index (χ1n) is 7.84. The molecule has 27 heavy (non-hydrogen) atoms. The predicted octanol–water partition coefficient (Wildman–Crippen LogP) is 4.47. The molecule has 0 aliphatic carbocycles. The van der Waals surface area contributed by atoms with Gasteiger partial charge >= 0.3 is 6.36 Å². The second kappa shape index (κ2) is 10.3. The first-order chi connectivity index (χ1) is 11.9. The summed E-state index contributed by atoms with van der Waals surface area (Å²) >= 11 is 6.33. The monoisotopic (exact) mass is 443 g/mol. The molecule has 1 aliphatic heterocycles. The summed E-state index contributed by atoms with van der Waals surface area (Å²) in [6.45, 7) is 3.30. The zero-order chi connectivity index (χ0) is 17.9. The van der Waals surface area contributed by atoms with Crippen molar-refractivity contribution in [1.82, 2.24) is 15.2 Å². The van der Waals surface area contributed by atoms with Crippen LogP contribution in [-0.4, -0.2) is 42.4 Å². The molecule has 1 N–H and O–H groups in total. The van der Waals surface area contributed by atoms with Gasteiger partial charge in [0.25, 0.3) is 0 Å². The van der Waals surface area contributed by atoms with E-state index in [2.05, 4.69) is 19.9 Å². The molecule has 1 fully saturated rings. The molecular formula is C17H19Cl3F3N3O. The average Bonchev–Trinajstić information content (AvgIpc) is 2.58. The molecule has 3 rings (SSSR count). The molecule has 150 valence electrons. The van der Waals surface area contributed by atoms with Crippen LogP contribution in [0.1, 0.15) is 17.2 Å². The highest BCUT2D eigenvalue weighted by molar-refractivity contribution is 6.31. The average molecular weight is 445 g/mol. The fourth-order valence-corrected chi connectivity index (χ4v) is 3.21. The fraction of sp³-hybridized carbons (Fsp3) is 0.353. The van der Waals surface area contributed by atoms with E-state index in [-0.39, 0.29) is 36.6 Å². The van der Waals surface area contributed by atoms with Crippen LogP contribution in [0, 0.1) is 0 Å². The largest absolute Gasteiger partial charge is 0.573 e. The molecule has 1 atom stereocenters. The summed E-state index contributed by atoms with van der Waals surface area (Å²) in [6, 6.07) is 7.63. The van der Waals surface area contributed by atoms with E-state index in [0.29, 0.717) is 5.02 Å². The summed E-state index contributed by atoms with van der Waals surface area (Å²) in [6.07, 6.45) is -1.46. The van der Waals surface area contributed by atoms with E-state index in [1.807, 2.05) is 6.07 Å². The summed E-state index contributed by atoms with van der Waals surface area (Å²) in [4.78, 5) is 6.26. The predicted molar refractivity (Wildman–Crippen MR) is 103 cm³/mol. The number of alkyl halides is 3. The van der Waals surface area contributed by atoms with E-state index in [1.165, 1.54) is 12.1 Å². The first-order valence-corrected chi connectivity index (χ1v) is 8.22. The summed E-state index contributed by atoms with van der Waals surface area (Å²) in [7, 11) is 0. The number of rotatable bonds is 4. The van der Waals surface area contributed by atoms with Crippen molar-refractivity contribution >= 4 is 36.4 Å². The normalized spacial score (nSPS) is 16.0. The second-order valence-electron chi connectivity index (χ2n) is 5.70. The van der Waals surface area contributed by atoms with E-state index in [4.69, 9.17) is 11.6 Å². The van der Waals surface area contributed by atoms with Crippen LogP contribution in [0.3, 0.4) is 0 Å². The van der Waals surface area contributed by atoms with E-state index < -0.39 is 6.36 Å². The quantitative estimate of drug-likeness (QED) is 0.755. The minimum Gasteiger partial charge on any atom is -0.406 e. The highest BCUT2D eigenvalue weighted by Crippen LogP contribution is 2.34. The zero-order valence-corrected chi connectivity index (χ0v) is 16.5. The molecule has 1 saturated heterocycles. The Labute approximate surface area is 172 Å². The SMILES string of the molecule is Cl.Cl.FC(F)(F)Oc1ccc([C@@H](c2ccncc2Cl)N2CCNCC2)cc1. The van der Waals surface area contributed by atoms with E-state index in [0.717, 1.165) is 37.3 Å². The third-order valence-electron chi connectivity index (χ3n) is 4.04. The lowest BCUT2D eigenvalue weighted by atomic mass is 9.97. The molecule has 1 aliphatic rings. The van der Waals surface area contributed by atoms with Gasteiger partial charge in [0.1, 0.15) is 5.75 Å². The van der Waals surface area contributed by atoms with Gasteiger partial charge in [0, 0.05) is 38.6 Å². The van der Waals surface area contributed by atoms with Crippen molar-refractivity contribution in [2.75, 3.05) is 26.2 Å². The number of ether oxygens (including phenoxy) is 1. The number of hydrogen-bond acceptors (Lipinski definition) is 4. The minimum absolute atomic E-state index is 0. The van der Waals surface area contributed by atoms with Gasteiger partial charge in [-0.25, -0.2) is 0 Å². The Morgan fingerprint density at radius 1 is 1.07 bits per heavy atom. The van der Waals surface area contributed by atoms with Crippen LogP contribution in [0.5, 0.6) is 5.75 Å². The zero-order valence-electron chi connectivity index (χ0n) is 14.1. The number of halogens is 6. The van der Waals surface area contributed by atoms with Crippen LogP contribution in [0.15, 0.2) is 42.7 Å². The van der Waals surface area contributed by atoms with Crippen LogP contribution in [0.2, 0.25) is 5.02 Å². The van der Waals surface area contributed by atoms with Crippen LogP contribution in [0.25, 0.3) is 0 Å². The van der Waals surface area contributed by atoms with Gasteiger partial charge in [-0.3, -0.25) is 9.88 Å². The molecule has 0 spiro atoms. The van der Waals surface area contributed by atoms with Crippen molar-refractivity contribution in [3.63, 3.8) is 0 Å². The van der Waals surface area contributed by atoms with Gasteiger partial charge in [-0.05, 0) is 29.3 Å². The van der Waals surface area contributed by atoms with Gasteiger partial charge in [-0.1, -0.05) is 23.7 Å². The van der Waals surface area contributed by atoms with Gasteiger partial charge in [0.15, 0.2) is 0 Å². The molecular weight excluding hydrogens is 426 g/mol. The van der Waals surface area contributed by atoms with E-state index in [1.54, 1.807) is 24.5 Å². The minimum atomic E-state index is -4.70. The molecule has 2 heterocycles. The summed E-state index contributed by atoms with van der Waals surface area (Å²) in [5.74, 6) is -0.240. The summed E-state index contributed by atoms with van der Waals surface area (Å²) < 4.78 is 41.0. The maximum Gasteiger partial charge on any atom is 0.573 e. The standard InChI is InChI=1S/C17H17ClF3N3O.2ClH/c18-15-11-23-6-5-14(15)16(24-9-7-22-8-10-24)12-1-3-13(4-2-12)25-17(19,20)21;;/h1-6,11,16,22H,7-10H2;2*1H/t16-;;/m0../s1. The Hall–Kier alpha value is -1.25. The molecule has 1 aromatic carbocycles. The number of nitrogens with one attached hydrogen (secondary N) is 1. The molecule has 2 aromatic rings. The van der Waals surface area contributed by atoms with Gasteiger partial charge in [-0.2, -0.15) is 0 Å². The number of benzene rings is 1. The Morgan fingerprint density at radius 3 is 2.26 bits per heavy atom. The second-order valence-corrected chi connectivity index (χ2v) is 6.11. The molecule has 4 nitrogen and oxygen atoms in total. The topological polar surface area (TPSA) is 37.4 Å². The Kier molecular flexibility index (Phi) is 9.11. The van der Waals surface area contributed by atoms with Crippen molar-refractivity contribution in [3.8, 4) is 5.75 Å². The molecule has 0 radical (unpaired) electrons. The number of hydrogen-bond donors (Lipinski definition) is 1. The van der Waals surface area contributed by atoms with Gasteiger partial charge in [-0.15, -0.1) is 38.0 Å². The maximum absolute atomic E-state index is 12.3. The van der Waals surface area contributed by atoms with Crippen LogP contribution >= 0.6 is 36.4 Å². The number of aromatic nitrogens is 1. The number of pyridine rings is 1. The molecule has 1 aromatic heterocycles. The highest BCUT2D eigenvalue weighted by atomic mass is 35.5. The smallest absolute Gasteiger partial charge is 0.406 e.